The van der Waals surface area contributed by atoms with Crippen LogP contribution in [-0.4, -0.2) is 29.1 Å². The molecule has 7 nitrogen and oxygen atoms in total. The van der Waals surface area contributed by atoms with Crippen LogP contribution in [0.25, 0.3) is 22.4 Å². The highest BCUT2D eigenvalue weighted by molar-refractivity contribution is 5.93. The second-order valence-corrected chi connectivity index (χ2v) is 11.7. The van der Waals surface area contributed by atoms with Gasteiger partial charge in [-0.3, -0.25) is 9.78 Å². The second kappa shape index (κ2) is 12.2. The van der Waals surface area contributed by atoms with E-state index in [1.807, 2.05) is 38.1 Å². The minimum absolute atomic E-state index is 0.0198. The highest BCUT2D eigenvalue weighted by atomic mass is 16.6. The van der Waals surface area contributed by atoms with Gasteiger partial charge in [-0.15, -0.1) is 0 Å². The number of pyridine rings is 1. The van der Waals surface area contributed by atoms with Gasteiger partial charge in [0, 0.05) is 29.1 Å². The summed E-state index contributed by atoms with van der Waals surface area (Å²) in [4.78, 5) is 29.7. The first-order valence-corrected chi connectivity index (χ1v) is 14.5. The standard InChI is InChI=1S/C33H40N4O3/c1-22(2)36-32(39)40-28-15-9-23(10-16-28)19-30(38)37-27-20-29(24-7-4-3-5-8-24)31(35-21-27)25-11-13-26(14-12-25)33(34)17-6-18-33/h3-5,7-8,11-14,20-23,28H,6,9-10,15-19,34H2,1-2H3,(H,36,39)(H,37,38). The van der Waals surface area contributed by atoms with Crippen molar-refractivity contribution < 1.29 is 14.3 Å². The number of nitrogens with zero attached hydrogens (tertiary/aromatic N) is 1. The van der Waals surface area contributed by atoms with Crippen molar-refractivity contribution >= 4 is 17.7 Å². The van der Waals surface area contributed by atoms with E-state index in [4.69, 9.17) is 15.5 Å². The first-order valence-electron chi connectivity index (χ1n) is 14.5. The Hall–Kier alpha value is -3.71. The van der Waals surface area contributed by atoms with Crippen LogP contribution >= 0.6 is 0 Å². The predicted octanol–water partition coefficient (Wildman–Crippen LogP) is 6.78. The number of anilines is 1. The summed E-state index contributed by atoms with van der Waals surface area (Å²) in [5.41, 5.74) is 12.1. The molecule has 2 fully saturated rings. The summed E-state index contributed by atoms with van der Waals surface area (Å²) in [6, 6.07) is 20.6. The molecule has 4 N–H and O–H groups in total. The van der Waals surface area contributed by atoms with Crippen LogP contribution in [0.4, 0.5) is 10.5 Å². The van der Waals surface area contributed by atoms with E-state index in [0.29, 0.717) is 12.1 Å². The van der Waals surface area contributed by atoms with E-state index in [1.165, 1.54) is 12.0 Å². The fourth-order valence-corrected chi connectivity index (χ4v) is 5.76. The molecule has 2 saturated carbocycles. The summed E-state index contributed by atoms with van der Waals surface area (Å²) >= 11 is 0. The van der Waals surface area contributed by atoms with Crippen LogP contribution < -0.4 is 16.4 Å². The van der Waals surface area contributed by atoms with Gasteiger partial charge in [0.2, 0.25) is 5.91 Å². The molecule has 0 atom stereocenters. The van der Waals surface area contributed by atoms with E-state index in [-0.39, 0.29) is 35.6 Å². The lowest BCUT2D eigenvalue weighted by atomic mass is 9.72. The second-order valence-electron chi connectivity index (χ2n) is 11.7. The quantitative estimate of drug-likeness (QED) is 0.292. The van der Waals surface area contributed by atoms with Crippen molar-refractivity contribution in [1.82, 2.24) is 10.3 Å². The number of aromatic nitrogens is 1. The number of carbonyl (C=O) groups is 2. The minimum atomic E-state index is -0.362. The summed E-state index contributed by atoms with van der Waals surface area (Å²) in [5.74, 6) is 0.252. The third-order valence-corrected chi connectivity index (χ3v) is 8.18. The van der Waals surface area contributed by atoms with E-state index in [2.05, 4.69) is 47.0 Å². The lowest BCUT2D eigenvalue weighted by molar-refractivity contribution is -0.117. The molecule has 7 heteroatoms. The Bertz CT molecular complexity index is 1310. The Labute approximate surface area is 236 Å². The molecular weight excluding hydrogens is 500 g/mol. The highest BCUT2D eigenvalue weighted by Crippen LogP contribution is 2.40. The molecule has 0 bridgehead atoms. The molecule has 2 aromatic carbocycles. The predicted molar refractivity (Wildman–Crippen MR) is 159 cm³/mol. The Kier molecular flexibility index (Phi) is 8.50. The van der Waals surface area contributed by atoms with E-state index in [0.717, 1.165) is 60.9 Å². The summed E-state index contributed by atoms with van der Waals surface area (Å²) in [7, 11) is 0. The van der Waals surface area contributed by atoms with Gasteiger partial charge in [-0.25, -0.2) is 4.79 Å². The molecule has 1 aromatic heterocycles. The molecule has 2 amide bonds. The van der Waals surface area contributed by atoms with Crippen LogP contribution in [0.15, 0.2) is 66.9 Å². The van der Waals surface area contributed by atoms with Gasteiger partial charge in [0.25, 0.3) is 0 Å². The topological polar surface area (TPSA) is 106 Å². The molecule has 0 aliphatic heterocycles. The Morgan fingerprint density at radius 3 is 2.33 bits per heavy atom. The summed E-state index contributed by atoms with van der Waals surface area (Å²) < 4.78 is 5.52. The average Bonchev–Trinajstić information content (AvgIpc) is 2.93. The lowest BCUT2D eigenvalue weighted by Crippen LogP contribution is -2.43. The van der Waals surface area contributed by atoms with Gasteiger partial charge in [0.1, 0.15) is 6.10 Å². The fraction of sp³-hybridized carbons (Fsp3) is 0.424. The number of nitrogens with two attached hydrogens (primary N) is 1. The van der Waals surface area contributed by atoms with Gasteiger partial charge in [0.15, 0.2) is 0 Å². The first kappa shape index (κ1) is 27.8. The lowest BCUT2D eigenvalue weighted by Gasteiger charge is -2.38. The van der Waals surface area contributed by atoms with Crippen LogP contribution in [0, 0.1) is 5.92 Å². The van der Waals surface area contributed by atoms with Crippen molar-refractivity contribution in [3.05, 3.63) is 72.4 Å². The Morgan fingerprint density at radius 1 is 1.00 bits per heavy atom. The maximum Gasteiger partial charge on any atom is 0.407 e. The van der Waals surface area contributed by atoms with Crippen LogP contribution in [0.2, 0.25) is 0 Å². The smallest absolute Gasteiger partial charge is 0.407 e. The van der Waals surface area contributed by atoms with Crippen molar-refractivity contribution in [1.29, 1.82) is 0 Å². The van der Waals surface area contributed by atoms with Crippen molar-refractivity contribution in [2.75, 3.05) is 5.32 Å². The molecular formula is C33H40N4O3. The minimum Gasteiger partial charge on any atom is -0.446 e. The zero-order valence-electron chi connectivity index (χ0n) is 23.5. The number of carbonyl (C=O) groups excluding carboxylic acids is 2. The summed E-state index contributed by atoms with van der Waals surface area (Å²) in [5, 5.41) is 5.84. The molecule has 2 aliphatic carbocycles. The molecule has 5 rings (SSSR count). The highest BCUT2D eigenvalue weighted by Gasteiger charge is 2.34. The molecule has 3 aromatic rings. The van der Waals surface area contributed by atoms with E-state index >= 15 is 0 Å². The third-order valence-electron chi connectivity index (χ3n) is 8.18. The number of nitrogens with one attached hydrogen (secondary N) is 2. The van der Waals surface area contributed by atoms with Gasteiger partial charge in [-0.2, -0.15) is 0 Å². The van der Waals surface area contributed by atoms with Crippen molar-refractivity contribution in [2.45, 2.75) is 82.9 Å². The molecule has 0 unspecified atom stereocenters. The van der Waals surface area contributed by atoms with Crippen LogP contribution in [-0.2, 0) is 15.1 Å². The van der Waals surface area contributed by atoms with Gasteiger partial charge >= 0.3 is 6.09 Å². The zero-order chi connectivity index (χ0) is 28.1. The number of hydrogen-bond donors (Lipinski definition) is 3. The monoisotopic (exact) mass is 540 g/mol. The van der Waals surface area contributed by atoms with Gasteiger partial charge in [-0.1, -0.05) is 54.6 Å². The SMILES string of the molecule is CC(C)NC(=O)OC1CCC(CC(=O)Nc2cnc(-c3ccc(C4(N)CCC4)cc3)c(-c3ccccc3)c2)CC1. The number of alkyl carbamates (subject to hydrolysis) is 1. The van der Waals surface area contributed by atoms with E-state index in [9.17, 15) is 9.59 Å². The number of hydrogen-bond acceptors (Lipinski definition) is 5. The summed E-state index contributed by atoms with van der Waals surface area (Å²) in [6.07, 6.45) is 8.25. The maximum atomic E-state index is 13.0. The van der Waals surface area contributed by atoms with Crippen molar-refractivity contribution in [2.24, 2.45) is 11.7 Å². The molecule has 210 valence electrons. The zero-order valence-corrected chi connectivity index (χ0v) is 23.5. The third kappa shape index (κ3) is 6.70. The van der Waals surface area contributed by atoms with E-state index < -0.39 is 0 Å². The van der Waals surface area contributed by atoms with Crippen LogP contribution in [0.1, 0.15) is 70.8 Å². The normalized spacial score (nSPS) is 19.9. The fourth-order valence-electron chi connectivity index (χ4n) is 5.76. The number of ether oxygens (including phenoxy) is 1. The van der Waals surface area contributed by atoms with Crippen LogP contribution in [0.3, 0.4) is 0 Å². The largest absolute Gasteiger partial charge is 0.446 e. The van der Waals surface area contributed by atoms with Gasteiger partial charge in [0.05, 0.1) is 17.6 Å². The van der Waals surface area contributed by atoms with E-state index in [1.54, 1.807) is 6.20 Å². The molecule has 2 aliphatic rings. The first-order chi connectivity index (χ1) is 19.3. The molecule has 0 radical (unpaired) electrons. The average molecular weight is 541 g/mol. The van der Waals surface area contributed by atoms with Gasteiger partial charge < -0.3 is 21.1 Å². The number of rotatable bonds is 8. The maximum absolute atomic E-state index is 13.0. The summed E-state index contributed by atoms with van der Waals surface area (Å²) in [6.45, 7) is 3.82. The number of benzene rings is 2. The molecule has 0 saturated heterocycles. The molecule has 40 heavy (non-hydrogen) atoms. The van der Waals surface area contributed by atoms with Crippen molar-refractivity contribution in [3.63, 3.8) is 0 Å². The molecule has 1 heterocycles. The van der Waals surface area contributed by atoms with Crippen LogP contribution in [0.5, 0.6) is 0 Å². The molecule has 0 spiro atoms. The Balaban J connectivity index is 1.24. The van der Waals surface area contributed by atoms with Gasteiger partial charge in [-0.05, 0) is 81.9 Å². The van der Waals surface area contributed by atoms with Crippen molar-refractivity contribution in [3.8, 4) is 22.4 Å². The Morgan fingerprint density at radius 2 is 1.70 bits per heavy atom. The number of amides is 2.